The Bertz CT molecular complexity index is 266. The number of nitrogens with one attached hydrogen (secondary N) is 1. The van der Waals surface area contributed by atoms with E-state index in [0.29, 0.717) is 12.8 Å². The van der Waals surface area contributed by atoms with Gasteiger partial charge in [0.05, 0.1) is 12.2 Å². The van der Waals surface area contributed by atoms with Crippen LogP contribution >= 0.6 is 0 Å². The zero-order chi connectivity index (χ0) is 12.1. The monoisotopic (exact) mass is 231 g/mol. The van der Waals surface area contributed by atoms with Gasteiger partial charge in [-0.3, -0.25) is 0 Å². The van der Waals surface area contributed by atoms with Crippen LogP contribution in [0.15, 0.2) is 0 Å². The second-order valence-corrected chi connectivity index (χ2v) is 4.00. The van der Waals surface area contributed by atoms with Crippen LogP contribution in [-0.4, -0.2) is 42.0 Å². The van der Waals surface area contributed by atoms with Crippen LogP contribution in [0.3, 0.4) is 0 Å². The Balaban J connectivity index is 2.20. The van der Waals surface area contributed by atoms with Gasteiger partial charge in [-0.1, -0.05) is 0 Å². The van der Waals surface area contributed by atoms with Gasteiger partial charge < -0.3 is 19.9 Å². The van der Waals surface area contributed by atoms with Crippen molar-refractivity contribution in [1.82, 2.24) is 5.32 Å². The van der Waals surface area contributed by atoms with Crippen molar-refractivity contribution in [3.05, 3.63) is 0 Å². The number of hydrogen-bond acceptors (Lipinski definition) is 4. The van der Waals surface area contributed by atoms with E-state index in [4.69, 9.17) is 14.6 Å². The molecule has 1 saturated heterocycles. The van der Waals surface area contributed by atoms with Gasteiger partial charge in [-0.05, 0) is 26.7 Å². The van der Waals surface area contributed by atoms with Crippen LogP contribution in [0.4, 0.5) is 4.79 Å². The van der Waals surface area contributed by atoms with Crippen molar-refractivity contribution in [2.24, 2.45) is 0 Å². The number of rotatable bonds is 4. The average Bonchev–Trinajstić information content (AvgIpc) is 2.61. The third kappa shape index (κ3) is 4.06. The molecule has 1 aliphatic rings. The lowest BCUT2D eigenvalue weighted by atomic mass is 10.2. The Morgan fingerprint density at radius 1 is 1.50 bits per heavy atom. The van der Waals surface area contributed by atoms with Crippen molar-refractivity contribution in [2.45, 2.75) is 45.0 Å². The maximum atomic E-state index is 11.1. The van der Waals surface area contributed by atoms with Crippen LogP contribution in [0.25, 0.3) is 0 Å². The number of alkyl carbamates (subject to hydrolysis) is 1. The Morgan fingerprint density at radius 2 is 2.19 bits per heavy atom. The molecule has 1 aliphatic heterocycles. The molecule has 2 atom stereocenters. The lowest BCUT2D eigenvalue weighted by molar-refractivity contribution is -0.149. The van der Waals surface area contributed by atoms with E-state index < -0.39 is 18.2 Å². The largest absolute Gasteiger partial charge is 0.479 e. The first-order chi connectivity index (χ1) is 7.49. The minimum Gasteiger partial charge on any atom is -0.479 e. The first kappa shape index (κ1) is 12.8. The smallest absolute Gasteiger partial charge is 0.407 e. The summed E-state index contributed by atoms with van der Waals surface area (Å²) < 4.78 is 10.1. The number of carbonyl (C=O) groups is 2. The van der Waals surface area contributed by atoms with Crippen molar-refractivity contribution < 1.29 is 24.2 Å². The third-order valence-corrected chi connectivity index (χ3v) is 2.20. The highest BCUT2D eigenvalue weighted by atomic mass is 16.6. The molecule has 6 heteroatoms. The summed E-state index contributed by atoms with van der Waals surface area (Å²) in [6.45, 7) is 3.80. The van der Waals surface area contributed by atoms with E-state index >= 15 is 0 Å². The summed E-state index contributed by atoms with van der Waals surface area (Å²) >= 11 is 0. The summed E-state index contributed by atoms with van der Waals surface area (Å²) in [7, 11) is 0. The standard InChI is InChI=1S/C10H17NO5/c1-6(2)15-10(14)11-5-7-3-4-8(16-7)9(12)13/h6-8H,3-5H2,1-2H3,(H,11,14)(H,12,13). The van der Waals surface area contributed by atoms with E-state index in [1.54, 1.807) is 13.8 Å². The molecule has 0 aromatic heterocycles. The molecule has 1 rings (SSSR count). The predicted octanol–water partition coefficient (Wildman–Crippen LogP) is 0.753. The Labute approximate surface area is 93.9 Å². The Hall–Kier alpha value is -1.30. The number of hydrogen-bond donors (Lipinski definition) is 2. The lowest BCUT2D eigenvalue weighted by Gasteiger charge is -2.13. The molecule has 6 nitrogen and oxygen atoms in total. The average molecular weight is 231 g/mol. The third-order valence-electron chi connectivity index (χ3n) is 2.20. The summed E-state index contributed by atoms with van der Waals surface area (Å²) in [6.07, 6.45) is -0.526. The molecular weight excluding hydrogens is 214 g/mol. The van der Waals surface area contributed by atoms with Gasteiger partial charge in [0.25, 0.3) is 0 Å². The van der Waals surface area contributed by atoms with E-state index in [-0.39, 0.29) is 18.8 Å². The summed E-state index contributed by atoms with van der Waals surface area (Å²) in [5.74, 6) is -0.952. The SMILES string of the molecule is CC(C)OC(=O)NCC1CCC(C(=O)O)O1. The fourth-order valence-corrected chi connectivity index (χ4v) is 1.49. The Kier molecular flexibility index (Phi) is 4.54. The number of ether oxygens (including phenoxy) is 2. The minimum absolute atomic E-state index is 0.170. The van der Waals surface area contributed by atoms with Crippen molar-refractivity contribution in [1.29, 1.82) is 0 Å². The van der Waals surface area contributed by atoms with Crippen molar-refractivity contribution in [3.63, 3.8) is 0 Å². The van der Waals surface area contributed by atoms with E-state index in [9.17, 15) is 9.59 Å². The minimum atomic E-state index is -0.952. The van der Waals surface area contributed by atoms with Gasteiger partial charge in [0.15, 0.2) is 6.10 Å². The zero-order valence-corrected chi connectivity index (χ0v) is 9.43. The fourth-order valence-electron chi connectivity index (χ4n) is 1.49. The number of carbonyl (C=O) groups excluding carboxylic acids is 1. The molecule has 16 heavy (non-hydrogen) atoms. The zero-order valence-electron chi connectivity index (χ0n) is 9.43. The van der Waals surface area contributed by atoms with Gasteiger partial charge in [-0.25, -0.2) is 9.59 Å². The molecule has 1 fully saturated rings. The molecule has 2 N–H and O–H groups in total. The van der Waals surface area contributed by atoms with Crippen LogP contribution in [0, 0.1) is 0 Å². The summed E-state index contributed by atoms with van der Waals surface area (Å²) in [5, 5.41) is 11.2. The van der Waals surface area contributed by atoms with Crippen molar-refractivity contribution >= 4 is 12.1 Å². The van der Waals surface area contributed by atoms with Crippen molar-refractivity contribution in [3.8, 4) is 0 Å². The molecule has 0 aliphatic carbocycles. The van der Waals surface area contributed by atoms with Crippen LogP contribution in [0.1, 0.15) is 26.7 Å². The molecule has 0 aromatic rings. The van der Waals surface area contributed by atoms with E-state index in [2.05, 4.69) is 5.32 Å². The van der Waals surface area contributed by atoms with E-state index in [1.807, 2.05) is 0 Å². The normalized spacial score (nSPS) is 24.4. The molecule has 1 heterocycles. The molecule has 0 saturated carbocycles. The molecule has 1 amide bonds. The van der Waals surface area contributed by atoms with Gasteiger partial charge in [0, 0.05) is 6.54 Å². The Morgan fingerprint density at radius 3 is 2.69 bits per heavy atom. The molecule has 2 unspecified atom stereocenters. The quantitative estimate of drug-likeness (QED) is 0.745. The number of aliphatic carboxylic acids is 1. The summed E-state index contributed by atoms with van der Waals surface area (Å²) in [4.78, 5) is 21.7. The van der Waals surface area contributed by atoms with Gasteiger partial charge in [-0.2, -0.15) is 0 Å². The second-order valence-electron chi connectivity index (χ2n) is 4.00. The summed E-state index contributed by atoms with van der Waals surface area (Å²) in [6, 6.07) is 0. The highest BCUT2D eigenvalue weighted by Gasteiger charge is 2.30. The number of carboxylic acid groups (broad SMARTS) is 1. The van der Waals surface area contributed by atoms with Gasteiger partial charge in [0.2, 0.25) is 0 Å². The van der Waals surface area contributed by atoms with Gasteiger partial charge in [0.1, 0.15) is 0 Å². The molecular formula is C10H17NO5. The van der Waals surface area contributed by atoms with Crippen LogP contribution in [-0.2, 0) is 14.3 Å². The topological polar surface area (TPSA) is 84.9 Å². The van der Waals surface area contributed by atoms with Crippen LogP contribution < -0.4 is 5.32 Å². The molecule has 0 spiro atoms. The molecule has 92 valence electrons. The van der Waals surface area contributed by atoms with E-state index in [0.717, 1.165) is 0 Å². The molecule has 0 aromatic carbocycles. The lowest BCUT2D eigenvalue weighted by Crippen LogP contribution is -2.34. The maximum absolute atomic E-state index is 11.1. The van der Waals surface area contributed by atoms with Crippen LogP contribution in [0.2, 0.25) is 0 Å². The van der Waals surface area contributed by atoms with Crippen molar-refractivity contribution in [2.75, 3.05) is 6.54 Å². The maximum Gasteiger partial charge on any atom is 0.407 e. The second kappa shape index (κ2) is 5.69. The van der Waals surface area contributed by atoms with E-state index in [1.165, 1.54) is 0 Å². The fraction of sp³-hybridized carbons (Fsp3) is 0.800. The first-order valence-electron chi connectivity index (χ1n) is 5.31. The predicted molar refractivity (Wildman–Crippen MR) is 55.2 cm³/mol. The highest BCUT2D eigenvalue weighted by Crippen LogP contribution is 2.19. The highest BCUT2D eigenvalue weighted by molar-refractivity contribution is 5.72. The first-order valence-corrected chi connectivity index (χ1v) is 5.31. The molecule has 0 bridgehead atoms. The summed E-state index contributed by atoms with van der Waals surface area (Å²) in [5.41, 5.74) is 0. The number of amides is 1. The number of carboxylic acids is 1. The van der Waals surface area contributed by atoms with Crippen LogP contribution in [0.5, 0.6) is 0 Å². The van der Waals surface area contributed by atoms with Gasteiger partial charge >= 0.3 is 12.1 Å². The molecule has 0 radical (unpaired) electrons. The van der Waals surface area contributed by atoms with Gasteiger partial charge in [-0.15, -0.1) is 0 Å².